The van der Waals surface area contributed by atoms with Crippen molar-refractivity contribution < 1.29 is 4.39 Å². The number of rotatable bonds is 5. The lowest BCUT2D eigenvalue weighted by molar-refractivity contribution is 0.617. The first-order chi connectivity index (χ1) is 8.67. The van der Waals surface area contributed by atoms with Crippen molar-refractivity contribution in [3.63, 3.8) is 0 Å². The van der Waals surface area contributed by atoms with Crippen LogP contribution in [-0.2, 0) is 6.54 Å². The van der Waals surface area contributed by atoms with E-state index in [2.05, 4.69) is 21.9 Å². The second kappa shape index (κ2) is 7.97. The maximum atomic E-state index is 13.1. The van der Waals surface area contributed by atoms with Crippen molar-refractivity contribution >= 4 is 17.7 Å². The fraction of sp³-hybridized carbons (Fsp3) is 0.462. The maximum absolute atomic E-state index is 13.1. The van der Waals surface area contributed by atoms with Crippen LogP contribution in [0, 0.1) is 12.7 Å². The molecule has 1 aromatic rings. The third-order valence-electron chi connectivity index (χ3n) is 2.50. The zero-order valence-electron chi connectivity index (χ0n) is 11.1. The molecule has 18 heavy (non-hydrogen) atoms. The number of aryl methyl sites for hydroxylation is 1. The van der Waals surface area contributed by atoms with Crippen LogP contribution in [0.5, 0.6) is 0 Å². The van der Waals surface area contributed by atoms with Crippen molar-refractivity contribution in [1.82, 2.24) is 10.6 Å². The Labute approximate surface area is 112 Å². The van der Waals surface area contributed by atoms with Crippen molar-refractivity contribution in [3.05, 3.63) is 35.1 Å². The molecule has 0 atom stereocenters. The van der Waals surface area contributed by atoms with E-state index in [9.17, 15) is 4.39 Å². The summed E-state index contributed by atoms with van der Waals surface area (Å²) in [5.74, 6) is 1.64. The van der Waals surface area contributed by atoms with Crippen molar-refractivity contribution in [2.75, 3.05) is 25.6 Å². The van der Waals surface area contributed by atoms with Crippen LogP contribution < -0.4 is 10.6 Å². The summed E-state index contributed by atoms with van der Waals surface area (Å²) in [5, 5.41) is 6.41. The predicted octanol–water partition coefficient (Wildman–Crippen LogP) is 2.16. The molecule has 0 unspecified atom stereocenters. The quantitative estimate of drug-likeness (QED) is 0.488. The van der Waals surface area contributed by atoms with E-state index in [0.29, 0.717) is 12.1 Å². The molecule has 3 nitrogen and oxygen atoms in total. The molecule has 1 aromatic carbocycles. The lowest BCUT2D eigenvalue weighted by atomic mass is 10.1. The van der Waals surface area contributed by atoms with Gasteiger partial charge in [-0.05, 0) is 30.4 Å². The first kappa shape index (κ1) is 14.8. The molecular formula is C13H20FN3S. The first-order valence-electron chi connectivity index (χ1n) is 5.86. The number of thioether (sulfide) groups is 1. The molecular weight excluding hydrogens is 249 g/mol. The maximum Gasteiger partial charge on any atom is 0.191 e. The number of benzene rings is 1. The van der Waals surface area contributed by atoms with E-state index in [1.807, 2.05) is 6.07 Å². The summed E-state index contributed by atoms with van der Waals surface area (Å²) in [5.41, 5.74) is 1.71. The van der Waals surface area contributed by atoms with E-state index in [-0.39, 0.29) is 5.82 Å². The van der Waals surface area contributed by atoms with E-state index in [1.165, 1.54) is 6.07 Å². The Hall–Kier alpha value is -1.23. The zero-order valence-corrected chi connectivity index (χ0v) is 11.9. The van der Waals surface area contributed by atoms with Crippen LogP contribution in [0.4, 0.5) is 4.39 Å². The number of nitrogens with one attached hydrogen (secondary N) is 2. The van der Waals surface area contributed by atoms with E-state index < -0.39 is 0 Å². The van der Waals surface area contributed by atoms with Gasteiger partial charge in [-0.25, -0.2) is 4.39 Å². The molecule has 0 saturated carbocycles. The second-order valence-corrected chi connectivity index (χ2v) is 4.91. The fourth-order valence-electron chi connectivity index (χ4n) is 1.49. The van der Waals surface area contributed by atoms with Gasteiger partial charge < -0.3 is 10.6 Å². The van der Waals surface area contributed by atoms with Gasteiger partial charge in [-0.1, -0.05) is 12.1 Å². The molecule has 0 bridgehead atoms. The second-order valence-electron chi connectivity index (χ2n) is 3.93. The highest BCUT2D eigenvalue weighted by molar-refractivity contribution is 7.98. The summed E-state index contributed by atoms with van der Waals surface area (Å²) in [6.45, 7) is 3.29. The van der Waals surface area contributed by atoms with Crippen LogP contribution in [0.2, 0.25) is 0 Å². The molecule has 0 saturated heterocycles. The summed E-state index contributed by atoms with van der Waals surface area (Å²) in [7, 11) is 1.74. The Kier molecular flexibility index (Phi) is 6.57. The average molecular weight is 269 g/mol. The van der Waals surface area contributed by atoms with Gasteiger partial charge in [-0.15, -0.1) is 0 Å². The highest BCUT2D eigenvalue weighted by atomic mass is 32.2. The molecule has 5 heteroatoms. The van der Waals surface area contributed by atoms with Crippen LogP contribution in [0.15, 0.2) is 23.2 Å². The zero-order chi connectivity index (χ0) is 13.4. The van der Waals surface area contributed by atoms with Crippen LogP contribution >= 0.6 is 11.8 Å². The van der Waals surface area contributed by atoms with Crippen molar-refractivity contribution in [1.29, 1.82) is 0 Å². The average Bonchev–Trinajstić information content (AvgIpc) is 2.37. The van der Waals surface area contributed by atoms with Gasteiger partial charge in [0, 0.05) is 25.9 Å². The largest absolute Gasteiger partial charge is 0.356 e. The number of nitrogens with zero attached hydrogens (tertiary/aromatic N) is 1. The van der Waals surface area contributed by atoms with E-state index in [4.69, 9.17) is 0 Å². The minimum atomic E-state index is -0.166. The van der Waals surface area contributed by atoms with Crippen molar-refractivity contribution in [2.24, 2.45) is 4.99 Å². The molecule has 0 aliphatic heterocycles. The van der Waals surface area contributed by atoms with Gasteiger partial charge in [0.2, 0.25) is 0 Å². The van der Waals surface area contributed by atoms with Crippen LogP contribution in [0.3, 0.4) is 0 Å². The monoisotopic (exact) mass is 269 g/mol. The van der Waals surface area contributed by atoms with Crippen molar-refractivity contribution in [3.8, 4) is 0 Å². The summed E-state index contributed by atoms with van der Waals surface area (Å²) in [6, 6.07) is 5.12. The molecule has 0 amide bonds. The summed E-state index contributed by atoms with van der Waals surface area (Å²) in [4.78, 5) is 4.13. The molecule has 0 aromatic heterocycles. The SMILES string of the molecule is CN=C(NCCSC)NCc1ccc(F)c(C)c1. The standard InChI is InChI=1S/C13H20FN3S/c1-10-8-11(4-5-12(10)14)9-17-13(15-2)16-6-7-18-3/h4-5,8H,6-7,9H2,1-3H3,(H2,15,16,17). The number of hydrogen-bond acceptors (Lipinski definition) is 2. The molecule has 0 fully saturated rings. The molecule has 0 aliphatic carbocycles. The van der Waals surface area contributed by atoms with Crippen LogP contribution in [-0.4, -0.2) is 31.6 Å². The number of hydrogen-bond donors (Lipinski definition) is 2. The third-order valence-corrected chi connectivity index (χ3v) is 3.12. The lowest BCUT2D eigenvalue weighted by Gasteiger charge is -2.11. The topological polar surface area (TPSA) is 36.4 Å². The van der Waals surface area contributed by atoms with E-state index in [0.717, 1.165) is 23.8 Å². The van der Waals surface area contributed by atoms with Crippen LogP contribution in [0.25, 0.3) is 0 Å². The van der Waals surface area contributed by atoms with Gasteiger partial charge in [-0.2, -0.15) is 11.8 Å². The Bertz CT molecular complexity index is 407. The molecule has 0 heterocycles. The number of guanidine groups is 1. The Morgan fingerprint density at radius 1 is 1.39 bits per heavy atom. The molecule has 0 spiro atoms. The van der Waals surface area contributed by atoms with Gasteiger partial charge >= 0.3 is 0 Å². The molecule has 0 aliphatic rings. The normalized spacial score (nSPS) is 11.4. The fourth-order valence-corrected chi connectivity index (χ4v) is 1.80. The minimum Gasteiger partial charge on any atom is -0.356 e. The van der Waals surface area contributed by atoms with Gasteiger partial charge in [0.05, 0.1) is 0 Å². The summed E-state index contributed by atoms with van der Waals surface area (Å²) >= 11 is 1.79. The molecule has 2 N–H and O–H groups in total. The summed E-state index contributed by atoms with van der Waals surface area (Å²) < 4.78 is 13.1. The molecule has 1 rings (SSSR count). The number of aliphatic imine (C=N–C) groups is 1. The molecule has 100 valence electrons. The van der Waals surface area contributed by atoms with Gasteiger partial charge in [0.15, 0.2) is 5.96 Å². The van der Waals surface area contributed by atoms with E-state index >= 15 is 0 Å². The van der Waals surface area contributed by atoms with Crippen LogP contribution in [0.1, 0.15) is 11.1 Å². The van der Waals surface area contributed by atoms with Gasteiger partial charge in [-0.3, -0.25) is 4.99 Å². The molecule has 0 radical (unpaired) electrons. The Balaban J connectivity index is 2.45. The third kappa shape index (κ3) is 4.96. The predicted molar refractivity (Wildman–Crippen MR) is 77.7 cm³/mol. The Morgan fingerprint density at radius 3 is 2.78 bits per heavy atom. The summed E-state index contributed by atoms with van der Waals surface area (Å²) in [6.07, 6.45) is 2.07. The van der Waals surface area contributed by atoms with Gasteiger partial charge in [0.1, 0.15) is 5.82 Å². The Morgan fingerprint density at radius 2 is 2.17 bits per heavy atom. The van der Waals surface area contributed by atoms with Gasteiger partial charge in [0.25, 0.3) is 0 Å². The first-order valence-corrected chi connectivity index (χ1v) is 7.25. The highest BCUT2D eigenvalue weighted by Crippen LogP contribution is 2.08. The lowest BCUT2D eigenvalue weighted by Crippen LogP contribution is -2.37. The van der Waals surface area contributed by atoms with E-state index in [1.54, 1.807) is 31.8 Å². The smallest absolute Gasteiger partial charge is 0.191 e. The van der Waals surface area contributed by atoms with Crippen molar-refractivity contribution in [2.45, 2.75) is 13.5 Å². The minimum absolute atomic E-state index is 0.166. The highest BCUT2D eigenvalue weighted by Gasteiger charge is 2.00. The number of halogens is 1.